The lowest BCUT2D eigenvalue weighted by atomic mass is 9.77. The molecule has 48 heavy (non-hydrogen) atoms. The highest BCUT2D eigenvalue weighted by Crippen LogP contribution is 2.46. The van der Waals surface area contributed by atoms with Gasteiger partial charge in [0, 0.05) is 47.9 Å². The Labute approximate surface area is 284 Å². The number of aryl methyl sites for hydroxylation is 4. The van der Waals surface area contributed by atoms with E-state index < -0.39 is 0 Å². The lowest BCUT2D eigenvalue weighted by Gasteiger charge is -2.28. The normalized spacial score (nSPS) is 18.3. The Balaban J connectivity index is 1.33. The van der Waals surface area contributed by atoms with Crippen molar-refractivity contribution in [2.24, 2.45) is 0 Å². The van der Waals surface area contributed by atoms with E-state index in [0.717, 1.165) is 147 Å². The van der Waals surface area contributed by atoms with Gasteiger partial charge in [-0.15, -0.1) is 0 Å². The number of benzene rings is 4. The molecule has 0 aliphatic heterocycles. The van der Waals surface area contributed by atoms with Crippen molar-refractivity contribution < 1.29 is 20.4 Å². The summed E-state index contributed by atoms with van der Waals surface area (Å²) < 4.78 is 0. The van der Waals surface area contributed by atoms with Crippen molar-refractivity contribution in [3.8, 4) is 23.0 Å². The molecule has 5 aliphatic rings. The first-order chi connectivity index (χ1) is 23.4. The van der Waals surface area contributed by atoms with E-state index in [1.165, 1.54) is 44.5 Å². The minimum Gasteiger partial charge on any atom is -0.507 e. The zero-order chi connectivity index (χ0) is 32.5. The first-order valence-corrected chi connectivity index (χ1v) is 18.9. The summed E-state index contributed by atoms with van der Waals surface area (Å²) in [6.07, 6.45) is 18.7. The molecule has 4 aromatic carbocycles. The van der Waals surface area contributed by atoms with Gasteiger partial charge >= 0.3 is 0 Å². The molecule has 0 saturated carbocycles. The minimum absolute atomic E-state index is 0.340. The molecule has 0 atom stereocenters. The smallest absolute Gasteiger partial charge is 0.122 e. The number of hydrogen-bond donors (Lipinski definition) is 4. The molecule has 0 heterocycles. The van der Waals surface area contributed by atoms with Crippen LogP contribution in [0.5, 0.6) is 23.0 Å². The van der Waals surface area contributed by atoms with Crippen LogP contribution in [0.1, 0.15) is 140 Å². The van der Waals surface area contributed by atoms with Crippen LogP contribution >= 0.6 is 0 Å². The van der Waals surface area contributed by atoms with Gasteiger partial charge in [-0.3, -0.25) is 0 Å². The van der Waals surface area contributed by atoms with Gasteiger partial charge in [0.2, 0.25) is 0 Å². The number of fused-ring (bicyclic) bond motifs is 16. The highest BCUT2D eigenvalue weighted by atomic mass is 16.3. The molecule has 248 valence electrons. The van der Waals surface area contributed by atoms with Crippen molar-refractivity contribution in [1.29, 1.82) is 0 Å². The zero-order valence-electron chi connectivity index (χ0n) is 28.2. The van der Waals surface area contributed by atoms with Gasteiger partial charge in [0.15, 0.2) is 0 Å². The molecule has 0 amide bonds. The summed E-state index contributed by atoms with van der Waals surface area (Å²) in [6.45, 7) is 0. The zero-order valence-corrected chi connectivity index (χ0v) is 28.2. The fourth-order valence-electron chi connectivity index (χ4n) is 10.3. The largest absolute Gasteiger partial charge is 0.507 e. The van der Waals surface area contributed by atoms with Gasteiger partial charge in [0.1, 0.15) is 23.0 Å². The summed E-state index contributed by atoms with van der Waals surface area (Å²) in [6, 6.07) is 8.90. The molecule has 4 N–H and O–H groups in total. The third-order valence-electron chi connectivity index (χ3n) is 12.7. The molecular weight excluding hydrogens is 592 g/mol. The Hall–Kier alpha value is -3.92. The molecule has 4 nitrogen and oxygen atoms in total. The van der Waals surface area contributed by atoms with Gasteiger partial charge in [0.25, 0.3) is 0 Å². The lowest BCUT2D eigenvalue weighted by molar-refractivity contribution is 0.446. The maximum atomic E-state index is 12.2. The van der Waals surface area contributed by atoms with E-state index in [-0.39, 0.29) is 0 Å². The van der Waals surface area contributed by atoms with Crippen molar-refractivity contribution in [3.63, 3.8) is 0 Å². The summed E-state index contributed by atoms with van der Waals surface area (Å²) >= 11 is 0. The van der Waals surface area contributed by atoms with Gasteiger partial charge in [-0.1, -0.05) is 24.3 Å². The fraction of sp³-hybridized carbons (Fsp3) is 0.455. The highest BCUT2D eigenvalue weighted by molar-refractivity contribution is 5.63. The van der Waals surface area contributed by atoms with E-state index in [2.05, 4.69) is 24.3 Å². The summed E-state index contributed by atoms with van der Waals surface area (Å²) in [4.78, 5) is 0. The molecule has 0 unspecified atom stereocenters. The summed E-state index contributed by atoms with van der Waals surface area (Å²) in [5, 5.41) is 48.7. The number of rotatable bonds is 0. The van der Waals surface area contributed by atoms with Crippen LogP contribution in [0.4, 0.5) is 0 Å². The van der Waals surface area contributed by atoms with E-state index in [9.17, 15) is 20.4 Å². The molecule has 5 aliphatic carbocycles. The summed E-state index contributed by atoms with van der Waals surface area (Å²) in [7, 11) is 0. The number of phenolic OH excluding ortho intramolecular Hbond substituents is 4. The molecule has 0 saturated heterocycles. The second-order valence-electron chi connectivity index (χ2n) is 15.5. The van der Waals surface area contributed by atoms with Crippen LogP contribution in [0.25, 0.3) is 0 Å². The van der Waals surface area contributed by atoms with Crippen molar-refractivity contribution in [2.45, 2.75) is 128 Å². The number of phenols is 4. The molecule has 8 bridgehead atoms. The van der Waals surface area contributed by atoms with Crippen LogP contribution in [-0.4, -0.2) is 20.4 Å². The van der Waals surface area contributed by atoms with Gasteiger partial charge in [-0.05, 0) is 169 Å². The fourth-order valence-corrected chi connectivity index (χ4v) is 10.3. The first kappa shape index (κ1) is 30.2. The van der Waals surface area contributed by atoms with E-state index in [4.69, 9.17) is 0 Å². The predicted octanol–water partition coefficient (Wildman–Crippen LogP) is 8.70. The Kier molecular flexibility index (Phi) is 7.47. The van der Waals surface area contributed by atoms with Crippen molar-refractivity contribution in [1.82, 2.24) is 0 Å². The van der Waals surface area contributed by atoms with Crippen LogP contribution in [0, 0.1) is 0 Å². The highest BCUT2D eigenvalue weighted by Gasteiger charge is 2.29. The standard InChI is InChI=1S/C44H48O4/c45-41-29-17-25-9-1-5-13-33(25)37(41)22-30-18-26-10-3-7-15-35(26)39(42(30)46)24-32-20-28-12-4-8-16-36(28)40(44(32)48)23-31-19-27-11-2-6-14-34(27)38(21-29)43(31)47/h17-20,45-48H,1-16,21-24H2. The molecule has 0 radical (unpaired) electrons. The average Bonchev–Trinajstić information content (AvgIpc) is 3.11. The topological polar surface area (TPSA) is 80.9 Å². The average molecular weight is 641 g/mol. The quantitative estimate of drug-likeness (QED) is 0.137. The minimum atomic E-state index is 0.340. The van der Waals surface area contributed by atoms with Gasteiger partial charge < -0.3 is 20.4 Å². The Morgan fingerprint density at radius 2 is 0.458 bits per heavy atom. The molecular formula is C44H48O4. The van der Waals surface area contributed by atoms with E-state index >= 15 is 0 Å². The van der Waals surface area contributed by atoms with Gasteiger partial charge in [-0.25, -0.2) is 0 Å². The third-order valence-corrected chi connectivity index (χ3v) is 12.7. The van der Waals surface area contributed by atoms with Crippen molar-refractivity contribution in [2.75, 3.05) is 0 Å². The van der Waals surface area contributed by atoms with Crippen molar-refractivity contribution in [3.05, 3.63) is 113 Å². The maximum Gasteiger partial charge on any atom is 0.122 e. The molecule has 0 fully saturated rings. The molecule has 9 rings (SSSR count). The predicted molar refractivity (Wildman–Crippen MR) is 190 cm³/mol. The summed E-state index contributed by atoms with van der Waals surface area (Å²) in [5.74, 6) is 1.36. The molecule has 0 spiro atoms. The third kappa shape index (κ3) is 4.92. The molecule has 0 aromatic heterocycles. The maximum absolute atomic E-state index is 12.2. The number of aromatic hydroxyl groups is 4. The SMILES string of the molecule is Oc1c2cc3c(c1Cc1cc4c(c(c1O)Cc1cc5c(c(c1O)Cc1cc6c(c(c1O)C2)CCCC6)CCCC5)CCCC4)CCCC3. The van der Waals surface area contributed by atoms with Crippen LogP contribution < -0.4 is 0 Å². The summed E-state index contributed by atoms with van der Waals surface area (Å²) in [5.41, 5.74) is 17.6. The second kappa shape index (κ2) is 11.9. The lowest BCUT2D eigenvalue weighted by Crippen LogP contribution is -2.14. The number of hydrogen-bond acceptors (Lipinski definition) is 4. The second-order valence-corrected chi connectivity index (χ2v) is 15.5. The molecule has 4 aromatic rings. The monoisotopic (exact) mass is 640 g/mol. The van der Waals surface area contributed by atoms with E-state index in [1.54, 1.807) is 0 Å². The van der Waals surface area contributed by atoms with Crippen LogP contribution in [0.2, 0.25) is 0 Å². The first-order valence-electron chi connectivity index (χ1n) is 18.9. The van der Waals surface area contributed by atoms with E-state index in [0.29, 0.717) is 48.7 Å². The van der Waals surface area contributed by atoms with E-state index in [1.807, 2.05) is 0 Å². The Morgan fingerprint density at radius 1 is 0.250 bits per heavy atom. The van der Waals surface area contributed by atoms with Crippen LogP contribution in [-0.2, 0) is 77.0 Å². The van der Waals surface area contributed by atoms with Gasteiger partial charge in [0.05, 0.1) is 0 Å². The Morgan fingerprint density at radius 3 is 0.688 bits per heavy atom. The van der Waals surface area contributed by atoms with Crippen LogP contribution in [0.15, 0.2) is 24.3 Å². The Bertz CT molecular complexity index is 1700. The van der Waals surface area contributed by atoms with Gasteiger partial charge in [-0.2, -0.15) is 0 Å². The van der Waals surface area contributed by atoms with Crippen LogP contribution in [0.3, 0.4) is 0 Å². The van der Waals surface area contributed by atoms with Crippen molar-refractivity contribution >= 4 is 0 Å². The molecule has 4 heteroatoms.